The fourth-order valence-electron chi connectivity index (χ4n) is 3.67. The highest BCUT2D eigenvalue weighted by atomic mass is 32.2. The number of benzene rings is 1. The van der Waals surface area contributed by atoms with Crippen LogP contribution in [0.15, 0.2) is 32.7 Å². The first-order valence-corrected chi connectivity index (χ1v) is 10.6. The van der Waals surface area contributed by atoms with Gasteiger partial charge in [-0.3, -0.25) is 13.9 Å². The highest BCUT2D eigenvalue weighted by Crippen LogP contribution is 2.46. The maximum Gasteiger partial charge on any atom is 0.331 e. The molecule has 0 aliphatic heterocycles. The number of fused-ring (bicyclic) bond motifs is 1. The van der Waals surface area contributed by atoms with Gasteiger partial charge < -0.3 is 5.11 Å². The van der Waals surface area contributed by atoms with Crippen LogP contribution in [-0.4, -0.2) is 34.8 Å². The Hall–Kier alpha value is -1.97. The molecule has 1 unspecified atom stereocenters. The minimum absolute atomic E-state index is 0.00747. The van der Waals surface area contributed by atoms with Gasteiger partial charge >= 0.3 is 5.69 Å². The summed E-state index contributed by atoms with van der Waals surface area (Å²) in [5.41, 5.74) is -1.05. The summed E-state index contributed by atoms with van der Waals surface area (Å²) in [6, 6.07) is 4.26. The van der Waals surface area contributed by atoms with Gasteiger partial charge in [-0.15, -0.1) is 0 Å². The van der Waals surface area contributed by atoms with E-state index in [0.29, 0.717) is 24.9 Å². The van der Waals surface area contributed by atoms with Crippen LogP contribution < -0.4 is 16.0 Å². The van der Waals surface area contributed by atoms with Gasteiger partial charge in [0.1, 0.15) is 0 Å². The second-order valence-electron chi connectivity index (χ2n) is 7.19. The van der Waals surface area contributed by atoms with Crippen LogP contribution in [0, 0.1) is 5.92 Å². The zero-order chi connectivity index (χ0) is 20.0. The number of sulfonamides is 1. The summed E-state index contributed by atoms with van der Waals surface area (Å²) in [7, 11) is -3.83. The molecule has 1 aromatic carbocycles. The van der Waals surface area contributed by atoms with Crippen LogP contribution in [0.25, 0.3) is 10.9 Å². The van der Waals surface area contributed by atoms with Crippen molar-refractivity contribution < 1.29 is 13.5 Å². The monoisotopic (exact) mass is 395 g/mol. The summed E-state index contributed by atoms with van der Waals surface area (Å²) in [5, 5.41) is 9.25. The van der Waals surface area contributed by atoms with Crippen LogP contribution in [0.5, 0.6) is 0 Å². The molecule has 1 aliphatic rings. The number of hydrogen-bond donors (Lipinski definition) is 2. The Labute approximate surface area is 157 Å². The van der Waals surface area contributed by atoms with Crippen LogP contribution in [0.3, 0.4) is 0 Å². The third-order valence-corrected chi connectivity index (χ3v) is 7.00. The molecule has 1 aromatic heterocycles. The van der Waals surface area contributed by atoms with E-state index in [2.05, 4.69) is 4.72 Å². The van der Waals surface area contributed by atoms with Crippen LogP contribution in [0.4, 0.5) is 0 Å². The fraction of sp³-hybridized carbons (Fsp3) is 0.556. The molecule has 2 atom stereocenters. The Balaban J connectivity index is 2.09. The van der Waals surface area contributed by atoms with Gasteiger partial charge in [-0.1, -0.05) is 0 Å². The molecule has 27 heavy (non-hydrogen) atoms. The number of nitrogens with zero attached hydrogens (tertiary/aromatic N) is 2. The quantitative estimate of drug-likeness (QED) is 0.715. The molecule has 1 aliphatic carbocycles. The van der Waals surface area contributed by atoms with E-state index in [-0.39, 0.29) is 29.4 Å². The molecule has 8 nitrogen and oxygen atoms in total. The Morgan fingerprint density at radius 3 is 2.48 bits per heavy atom. The van der Waals surface area contributed by atoms with Crippen molar-refractivity contribution in [2.24, 2.45) is 5.92 Å². The first-order valence-electron chi connectivity index (χ1n) is 9.10. The maximum atomic E-state index is 12.8. The third kappa shape index (κ3) is 3.35. The molecule has 0 amide bonds. The normalized spacial score (nSPS) is 22.3. The molecule has 0 spiro atoms. The summed E-state index contributed by atoms with van der Waals surface area (Å²) in [5.74, 6) is 0.0975. The van der Waals surface area contributed by atoms with Crippen LogP contribution in [0.2, 0.25) is 0 Å². The molecule has 9 heteroatoms. The van der Waals surface area contributed by atoms with Crippen molar-refractivity contribution in [3.05, 3.63) is 39.0 Å². The maximum absolute atomic E-state index is 12.8. The number of aliphatic hydroxyl groups is 1. The molecular weight excluding hydrogens is 370 g/mol. The zero-order valence-electron chi connectivity index (χ0n) is 15.7. The predicted molar refractivity (Wildman–Crippen MR) is 102 cm³/mol. The van der Waals surface area contributed by atoms with Gasteiger partial charge in [0.25, 0.3) is 5.56 Å². The first kappa shape index (κ1) is 19.8. The Morgan fingerprint density at radius 1 is 1.22 bits per heavy atom. The highest BCUT2D eigenvalue weighted by Gasteiger charge is 2.51. The van der Waals surface area contributed by atoms with Crippen molar-refractivity contribution in [3.8, 4) is 0 Å². The summed E-state index contributed by atoms with van der Waals surface area (Å²) in [6.45, 7) is 5.91. The summed E-state index contributed by atoms with van der Waals surface area (Å²) < 4.78 is 30.9. The number of aromatic nitrogens is 2. The number of rotatable bonds is 7. The van der Waals surface area contributed by atoms with Crippen LogP contribution >= 0.6 is 0 Å². The van der Waals surface area contributed by atoms with Gasteiger partial charge in [-0.05, 0) is 57.7 Å². The fourth-order valence-corrected chi connectivity index (χ4v) is 5.18. The van der Waals surface area contributed by atoms with E-state index in [9.17, 15) is 18.0 Å². The molecule has 148 valence electrons. The largest absolute Gasteiger partial charge is 0.396 e. The highest BCUT2D eigenvalue weighted by molar-refractivity contribution is 7.89. The van der Waals surface area contributed by atoms with E-state index in [0.717, 1.165) is 4.57 Å². The van der Waals surface area contributed by atoms with Crippen molar-refractivity contribution >= 4 is 20.9 Å². The second kappa shape index (κ2) is 6.88. The summed E-state index contributed by atoms with van der Waals surface area (Å²) in [6.07, 6.45) is 1.21. The lowest BCUT2D eigenvalue weighted by molar-refractivity contribution is 0.274. The SMILES string of the molecule is CCn1c(=O)c2cc(S(=O)(=O)NC3(C)C[C@H]3CCO)ccc2n(CC)c1=O. The lowest BCUT2D eigenvalue weighted by atomic mass is 10.2. The second-order valence-corrected chi connectivity index (χ2v) is 8.87. The number of hydrogen-bond acceptors (Lipinski definition) is 5. The lowest BCUT2D eigenvalue weighted by Crippen LogP contribution is -2.40. The average Bonchev–Trinajstić information content (AvgIpc) is 3.23. The molecule has 2 N–H and O–H groups in total. The lowest BCUT2D eigenvalue weighted by Gasteiger charge is -2.16. The smallest absolute Gasteiger partial charge is 0.331 e. The third-order valence-electron chi connectivity index (χ3n) is 5.40. The van der Waals surface area contributed by atoms with Gasteiger partial charge in [0.15, 0.2) is 0 Å². The molecule has 1 heterocycles. The average molecular weight is 395 g/mol. The van der Waals surface area contributed by atoms with Crippen molar-refractivity contribution in [1.82, 2.24) is 13.9 Å². The van der Waals surface area contributed by atoms with Gasteiger partial charge in [0.2, 0.25) is 10.0 Å². The Morgan fingerprint density at radius 2 is 1.89 bits per heavy atom. The topological polar surface area (TPSA) is 110 Å². The van der Waals surface area contributed by atoms with E-state index in [1.54, 1.807) is 13.8 Å². The van der Waals surface area contributed by atoms with E-state index in [1.165, 1.54) is 22.8 Å². The number of aryl methyl sites for hydroxylation is 1. The van der Waals surface area contributed by atoms with Crippen LogP contribution in [0.1, 0.15) is 33.6 Å². The molecule has 0 radical (unpaired) electrons. The molecule has 1 saturated carbocycles. The van der Waals surface area contributed by atoms with Crippen molar-refractivity contribution in [1.29, 1.82) is 0 Å². The molecule has 0 bridgehead atoms. The Kier molecular flexibility index (Phi) is 5.04. The van der Waals surface area contributed by atoms with Crippen molar-refractivity contribution in [2.45, 2.75) is 57.1 Å². The summed E-state index contributed by atoms with van der Waals surface area (Å²) in [4.78, 5) is 25.1. The molecule has 2 aromatic rings. The van der Waals surface area contributed by atoms with Gasteiger partial charge in [-0.25, -0.2) is 17.9 Å². The van der Waals surface area contributed by atoms with Gasteiger partial charge in [0, 0.05) is 25.2 Å². The van der Waals surface area contributed by atoms with Gasteiger partial charge in [-0.2, -0.15) is 0 Å². The van der Waals surface area contributed by atoms with E-state index < -0.39 is 26.8 Å². The van der Waals surface area contributed by atoms with Crippen molar-refractivity contribution in [2.75, 3.05) is 6.61 Å². The standard InChI is InChI=1S/C18H25N3O5S/c1-4-20-15-7-6-13(10-14(15)16(23)21(5-2)17(20)24)27(25,26)19-18(3)11-12(18)8-9-22/h6-7,10,12,19,22H,4-5,8-9,11H2,1-3H3/t12-,18?/m1/s1. The van der Waals surface area contributed by atoms with Gasteiger partial charge in [0.05, 0.1) is 15.8 Å². The molecular formula is C18H25N3O5S. The first-order chi connectivity index (χ1) is 12.7. The molecule has 1 fully saturated rings. The van der Waals surface area contributed by atoms with Crippen molar-refractivity contribution in [3.63, 3.8) is 0 Å². The molecule has 0 saturated heterocycles. The van der Waals surface area contributed by atoms with E-state index in [4.69, 9.17) is 5.11 Å². The number of aliphatic hydroxyl groups excluding tert-OH is 1. The van der Waals surface area contributed by atoms with Crippen LogP contribution in [-0.2, 0) is 23.1 Å². The number of nitrogens with one attached hydrogen (secondary N) is 1. The molecule has 3 rings (SSSR count). The van der Waals surface area contributed by atoms with E-state index >= 15 is 0 Å². The Bertz CT molecular complexity index is 1100. The predicted octanol–water partition coefficient (Wildman–Crippen LogP) is 0.642. The minimum atomic E-state index is -3.83. The zero-order valence-corrected chi connectivity index (χ0v) is 16.5. The van der Waals surface area contributed by atoms with E-state index in [1.807, 2.05) is 6.92 Å². The summed E-state index contributed by atoms with van der Waals surface area (Å²) >= 11 is 0. The minimum Gasteiger partial charge on any atom is -0.396 e.